The Morgan fingerprint density at radius 1 is 1.47 bits per heavy atom. The number of rotatable bonds is 5. The lowest BCUT2D eigenvalue weighted by molar-refractivity contribution is 0.132. The Balaban J connectivity index is 2.78. The highest BCUT2D eigenvalue weighted by Gasteiger charge is 2.19. The molecule has 1 aromatic carbocycles. The van der Waals surface area contributed by atoms with Gasteiger partial charge < -0.3 is 15.2 Å². The van der Waals surface area contributed by atoms with Gasteiger partial charge in [-0.2, -0.15) is 0 Å². The molecule has 1 rings (SSSR count). The summed E-state index contributed by atoms with van der Waals surface area (Å²) in [7, 11) is -2.50. The first-order valence-electron chi connectivity index (χ1n) is 5.06. The zero-order valence-electron chi connectivity index (χ0n) is 10.1. The number of ether oxygens (including phenoxy) is 1. The van der Waals surface area contributed by atoms with Gasteiger partial charge in [-0.1, -0.05) is 0 Å². The first-order chi connectivity index (χ1) is 8.88. The number of diazo groups is 1. The van der Waals surface area contributed by atoms with Crippen molar-refractivity contribution in [2.75, 3.05) is 19.0 Å². The van der Waals surface area contributed by atoms with E-state index in [0.29, 0.717) is 5.69 Å². The third-order valence-electron chi connectivity index (χ3n) is 2.20. The summed E-state index contributed by atoms with van der Waals surface area (Å²) in [5.41, 5.74) is 0.454. The Labute approximate surface area is 110 Å². The van der Waals surface area contributed by atoms with Gasteiger partial charge in [0, 0.05) is 5.69 Å². The second-order valence-corrected chi connectivity index (χ2v) is 5.04. The maximum atomic E-state index is 11.0. The third kappa shape index (κ3) is 4.13. The van der Waals surface area contributed by atoms with Crippen LogP contribution in [0.5, 0.6) is 0 Å². The van der Waals surface area contributed by atoms with Crippen molar-refractivity contribution in [3.05, 3.63) is 40.9 Å². The zero-order valence-corrected chi connectivity index (χ0v) is 10.9. The third-order valence-corrected chi connectivity index (χ3v) is 3.13. The number of sulfonamides is 1. The summed E-state index contributed by atoms with van der Waals surface area (Å²) >= 11 is 0. The van der Waals surface area contributed by atoms with Crippen molar-refractivity contribution >= 4 is 15.7 Å². The number of nitrogens with zero attached hydrogens (tertiary/aromatic N) is 2. The maximum Gasteiger partial charge on any atom is 0.459 e. The van der Waals surface area contributed by atoms with Gasteiger partial charge in [-0.3, -0.25) is 0 Å². The predicted octanol–water partition coefficient (Wildman–Crippen LogP) is 0.972. The van der Waals surface area contributed by atoms with Crippen molar-refractivity contribution in [3.8, 4) is 0 Å². The molecule has 0 spiro atoms. The van der Waals surface area contributed by atoms with Crippen LogP contribution in [0.3, 0.4) is 0 Å². The van der Waals surface area contributed by atoms with E-state index in [9.17, 15) is 13.5 Å². The van der Waals surface area contributed by atoms with Gasteiger partial charge >= 0.3 is 11.6 Å². The van der Waals surface area contributed by atoms with E-state index in [1.54, 1.807) is 0 Å². The molecular weight excluding hydrogens is 272 g/mol. The van der Waals surface area contributed by atoms with Crippen LogP contribution in [0.1, 0.15) is 0 Å². The van der Waals surface area contributed by atoms with Gasteiger partial charge in [-0.25, -0.2) is 13.6 Å². The molecule has 0 aliphatic carbocycles. The molecule has 0 fully saturated rings. The van der Waals surface area contributed by atoms with Gasteiger partial charge in [0.1, 0.15) is 6.54 Å². The predicted molar refractivity (Wildman–Crippen MR) is 68.1 cm³/mol. The van der Waals surface area contributed by atoms with Crippen LogP contribution < -0.4 is 10.5 Å². The Kier molecular flexibility index (Phi) is 4.68. The van der Waals surface area contributed by atoms with Crippen LogP contribution in [0.15, 0.2) is 40.8 Å². The molecule has 9 heteroatoms. The Bertz CT molecular complexity index is 616. The van der Waals surface area contributed by atoms with E-state index in [-0.39, 0.29) is 17.1 Å². The number of hydrogen-bond acceptors (Lipinski definition) is 6. The zero-order chi connectivity index (χ0) is 14.5. The summed E-state index contributed by atoms with van der Waals surface area (Å²) in [6.45, 7) is -0.00903. The molecule has 0 heterocycles. The molecule has 1 aromatic rings. The number of nitrogens with one attached hydrogen (secondary N) is 1. The van der Waals surface area contributed by atoms with E-state index < -0.39 is 16.0 Å². The molecule has 0 amide bonds. The van der Waals surface area contributed by atoms with Crippen LogP contribution in [0, 0.1) is 5.39 Å². The standard InChI is InChI=1S/C10H12N4O4S/c1-18-10(15)9(14-11)6-13-7-2-4-8(5-3-7)19(12,16)17/h2-5,13H,6H2,1H3,(H2-,12,15,16,17)/p+1. The topological polar surface area (TPSA) is 130 Å². The monoisotopic (exact) mass is 285 g/mol. The highest BCUT2D eigenvalue weighted by Crippen LogP contribution is 2.14. The fourth-order valence-electron chi connectivity index (χ4n) is 1.22. The van der Waals surface area contributed by atoms with Crippen molar-refractivity contribution in [1.29, 1.82) is 5.39 Å². The number of primary sulfonamides is 1. The molecule has 0 aliphatic rings. The number of aliphatic hydroxyl groups excluding tert-OH is 1. The molecule has 0 aliphatic heterocycles. The van der Waals surface area contributed by atoms with Gasteiger partial charge in [-0.15, -0.1) is 0 Å². The number of benzene rings is 1. The summed E-state index contributed by atoms with van der Waals surface area (Å²) in [5.74, 6) is -0.517. The van der Waals surface area contributed by atoms with Gasteiger partial charge in [0.25, 0.3) is 0 Å². The molecule has 0 aromatic heterocycles. The molecule has 0 radical (unpaired) electrons. The molecule has 102 valence electrons. The van der Waals surface area contributed by atoms with Gasteiger partial charge in [-0.05, 0) is 24.3 Å². The molecular formula is C10H13N4O4S+. The molecule has 4 N–H and O–H groups in total. The lowest BCUT2D eigenvalue weighted by Gasteiger charge is -2.03. The summed E-state index contributed by atoms with van der Waals surface area (Å²) in [6, 6.07) is 5.62. The number of methoxy groups -OCH3 is 1. The molecule has 0 unspecified atom stereocenters. The molecule has 19 heavy (non-hydrogen) atoms. The fourth-order valence-corrected chi connectivity index (χ4v) is 1.74. The smallest absolute Gasteiger partial charge is 0.459 e. The largest absolute Gasteiger partial charge is 0.475 e. The minimum absolute atomic E-state index is 0.00903. The number of aliphatic hydroxyl groups is 1. The highest BCUT2D eigenvalue weighted by atomic mass is 32.2. The van der Waals surface area contributed by atoms with Crippen molar-refractivity contribution in [2.24, 2.45) is 5.14 Å². The van der Waals surface area contributed by atoms with Crippen LogP contribution in [-0.4, -0.2) is 27.2 Å². The minimum atomic E-state index is -3.73. The average molecular weight is 285 g/mol. The van der Waals surface area contributed by atoms with E-state index in [1.807, 2.05) is 0 Å². The summed E-state index contributed by atoms with van der Waals surface area (Å²) < 4.78 is 26.6. The Hall–Kier alpha value is -2.31. The quantitative estimate of drug-likeness (QED) is 0.546. The maximum absolute atomic E-state index is 11.0. The van der Waals surface area contributed by atoms with Gasteiger partial charge in [0.2, 0.25) is 15.4 Å². The van der Waals surface area contributed by atoms with Crippen LogP contribution in [-0.2, 0) is 14.8 Å². The van der Waals surface area contributed by atoms with E-state index in [1.165, 1.54) is 31.4 Å². The molecule has 8 nitrogen and oxygen atoms in total. The van der Waals surface area contributed by atoms with Crippen molar-refractivity contribution in [1.82, 2.24) is 0 Å². The van der Waals surface area contributed by atoms with Gasteiger partial charge in [0.05, 0.1) is 12.0 Å². The minimum Gasteiger partial charge on any atom is -0.475 e. The molecule has 0 saturated carbocycles. The Morgan fingerprint density at radius 3 is 2.47 bits per heavy atom. The van der Waals surface area contributed by atoms with Crippen LogP contribution in [0.4, 0.5) is 5.69 Å². The first-order valence-corrected chi connectivity index (χ1v) is 6.61. The number of anilines is 1. The molecule has 0 bridgehead atoms. The lowest BCUT2D eigenvalue weighted by Crippen LogP contribution is -2.12. The van der Waals surface area contributed by atoms with Crippen molar-refractivity contribution in [3.63, 3.8) is 0 Å². The van der Waals surface area contributed by atoms with E-state index in [0.717, 1.165) is 0 Å². The van der Waals surface area contributed by atoms with Crippen molar-refractivity contribution < 1.29 is 18.3 Å². The SMILES string of the molecule is COC(O)=C(CNc1ccc(S(N)(=O)=O)cc1)[N+]#N. The van der Waals surface area contributed by atoms with Crippen LogP contribution in [0.25, 0.3) is 4.98 Å². The summed E-state index contributed by atoms with van der Waals surface area (Å²) in [6.07, 6.45) is 0. The molecule has 0 saturated heterocycles. The van der Waals surface area contributed by atoms with E-state index in [2.05, 4.69) is 15.0 Å². The lowest BCUT2D eigenvalue weighted by atomic mass is 10.3. The van der Waals surface area contributed by atoms with E-state index in [4.69, 9.17) is 10.5 Å². The summed E-state index contributed by atoms with van der Waals surface area (Å²) in [5, 5.41) is 25.6. The number of nitrogens with two attached hydrogens (primary N) is 1. The van der Waals surface area contributed by atoms with E-state index >= 15 is 0 Å². The second-order valence-electron chi connectivity index (χ2n) is 3.48. The first kappa shape index (κ1) is 14.7. The fraction of sp³-hybridized carbons (Fsp3) is 0.200. The normalized spacial score (nSPS) is 12.3. The summed E-state index contributed by atoms with van der Waals surface area (Å²) in [4.78, 5) is 2.84. The highest BCUT2D eigenvalue weighted by molar-refractivity contribution is 7.89. The number of hydrogen-bond donors (Lipinski definition) is 3. The Morgan fingerprint density at radius 2 is 2.05 bits per heavy atom. The van der Waals surface area contributed by atoms with Crippen LogP contribution >= 0.6 is 0 Å². The van der Waals surface area contributed by atoms with Crippen LogP contribution in [0.2, 0.25) is 0 Å². The average Bonchev–Trinajstić information content (AvgIpc) is 2.38. The van der Waals surface area contributed by atoms with Crippen molar-refractivity contribution in [2.45, 2.75) is 4.90 Å². The second kappa shape index (κ2) is 6.03. The van der Waals surface area contributed by atoms with Gasteiger partial charge in [0.15, 0.2) is 4.98 Å². The molecule has 0 atom stereocenters.